The number of para-hydroxylation sites is 2. The Hall–Kier alpha value is -2.92. The predicted molar refractivity (Wildman–Crippen MR) is 97.8 cm³/mol. The molecule has 0 saturated heterocycles. The van der Waals surface area contributed by atoms with Gasteiger partial charge < -0.3 is 9.84 Å². The molecular weight excluding hydrogens is 316 g/mol. The molecule has 0 bridgehead atoms. The van der Waals surface area contributed by atoms with E-state index in [1.54, 1.807) is 24.3 Å². The molecule has 0 spiro atoms. The fraction of sp³-hybridized carbons (Fsp3) is 0.200. The Kier molecular flexibility index (Phi) is 5.26. The minimum Gasteiger partial charge on any atom is -0.491 e. The number of nitrogens with zero attached hydrogens (tertiary/aromatic N) is 2. The van der Waals surface area contributed by atoms with Gasteiger partial charge in [0.05, 0.1) is 23.8 Å². The van der Waals surface area contributed by atoms with Crippen molar-refractivity contribution in [3.05, 3.63) is 83.4 Å². The van der Waals surface area contributed by atoms with Crippen molar-refractivity contribution in [1.29, 1.82) is 0 Å². The quantitative estimate of drug-likeness (QED) is 0.674. The van der Waals surface area contributed by atoms with Crippen LogP contribution in [0, 0.1) is 0 Å². The van der Waals surface area contributed by atoms with Crippen LogP contribution >= 0.6 is 0 Å². The normalized spacial score (nSPS) is 12.0. The summed E-state index contributed by atoms with van der Waals surface area (Å²) in [6.07, 6.45) is 3.14. The smallest absolute Gasteiger partial charge is 0.261 e. The molecule has 1 atom stereocenters. The Morgan fingerprint density at radius 2 is 1.96 bits per heavy atom. The highest BCUT2D eigenvalue weighted by molar-refractivity contribution is 5.76. The van der Waals surface area contributed by atoms with Crippen molar-refractivity contribution in [2.75, 3.05) is 6.61 Å². The number of hydrogen-bond donors (Lipinski definition) is 1. The summed E-state index contributed by atoms with van der Waals surface area (Å²) < 4.78 is 7.13. The van der Waals surface area contributed by atoms with Crippen LogP contribution in [0.25, 0.3) is 10.9 Å². The first-order valence-electron chi connectivity index (χ1n) is 8.13. The van der Waals surface area contributed by atoms with E-state index in [1.165, 1.54) is 10.9 Å². The van der Waals surface area contributed by atoms with Gasteiger partial charge >= 0.3 is 0 Å². The number of benzene rings is 2. The van der Waals surface area contributed by atoms with Crippen LogP contribution in [0.1, 0.15) is 5.56 Å². The summed E-state index contributed by atoms with van der Waals surface area (Å²) >= 11 is 0. The number of aromatic nitrogens is 2. The van der Waals surface area contributed by atoms with Crippen LogP contribution in [-0.2, 0) is 13.0 Å². The van der Waals surface area contributed by atoms with Crippen LogP contribution < -0.4 is 10.3 Å². The van der Waals surface area contributed by atoms with Gasteiger partial charge in [-0.05, 0) is 30.2 Å². The number of hydrogen-bond acceptors (Lipinski definition) is 4. The van der Waals surface area contributed by atoms with E-state index in [1.807, 2.05) is 30.3 Å². The highest BCUT2D eigenvalue weighted by atomic mass is 16.5. The van der Waals surface area contributed by atoms with E-state index >= 15 is 0 Å². The number of allylic oxidation sites excluding steroid dienone is 1. The number of ether oxygens (including phenoxy) is 1. The molecule has 0 unspecified atom stereocenters. The first-order valence-corrected chi connectivity index (χ1v) is 8.13. The molecule has 0 aliphatic carbocycles. The van der Waals surface area contributed by atoms with Gasteiger partial charge in [0.15, 0.2) is 0 Å². The van der Waals surface area contributed by atoms with Crippen LogP contribution in [0.5, 0.6) is 5.75 Å². The van der Waals surface area contributed by atoms with E-state index in [0.717, 1.165) is 5.56 Å². The third-order valence-electron chi connectivity index (χ3n) is 3.91. The Labute approximate surface area is 145 Å². The number of aliphatic hydroxyl groups is 1. The molecule has 128 valence electrons. The van der Waals surface area contributed by atoms with Gasteiger partial charge in [0.1, 0.15) is 18.5 Å². The summed E-state index contributed by atoms with van der Waals surface area (Å²) in [7, 11) is 0. The second kappa shape index (κ2) is 7.77. The van der Waals surface area contributed by atoms with Gasteiger partial charge in [0, 0.05) is 0 Å². The average Bonchev–Trinajstić information content (AvgIpc) is 2.64. The Balaban J connectivity index is 1.69. The van der Waals surface area contributed by atoms with Crippen molar-refractivity contribution in [1.82, 2.24) is 9.55 Å². The fourth-order valence-electron chi connectivity index (χ4n) is 2.67. The van der Waals surface area contributed by atoms with Crippen LogP contribution in [0.4, 0.5) is 0 Å². The van der Waals surface area contributed by atoms with Crippen LogP contribution in [-0.4, -0.2) is 27.4 Å². The summed E-state index contributed by atoms with van der Waals surface area (Å²) in [4.78, 5) is 16.7. The molecule has 1 heterocycles. The lowest BCUT2D eigenvalue weighted by atomic mass is 10.1. The monoisotopic (exact) mass is 336 g/mol. The van der Waals surface area contributed by atoms with Crippen molar-refractivity contribution < 1.29 is 9.84 Å². The van der Waals surface area contributed by atoms with Gasteiger partial charge in [-0.1, -0.05) is 36.4 Å². The van der Waals surface area contributed by atoms with E-state index in [-0.39, 0.29) is 18.7 Å². The standard InChI is InChI=1S/C20H20N2O3/c1-2-7-15-8-3-6-11-19(15)25-13-16(23)12-22-14-21-18-10-5-4-9-17(18)20(22)24/h2-6,8-11,14,16,23H,1,7,12-13H2/t16-/m0/s1. The largest absolute Gasteiger partial charge is 0.491 e. The summed E-state index contributed by atoms with van der Waals surface area (Å²) in [5, 5.41) is 10.8. The molecule has 0 amide bonds. The maximum absolute atomic E-state index is 12.4. The zero-order valence-corrected chi connectivity index (χ0v) is 13.8. The van der Waals surface area contributed by atoms with E-state index < -0.39 is 6.10 Å². The third kappa shape index (κ3) is 3.95. The molecule has 0 saturated carbocycles. The Bertz CT molecular complexity index is 933. The zero-order chi connectivity index (χ0) is 17.6. The molecule has 0 fully saturated rings. The topological polar surface area (TPSA) is 64.3 Å². The minimum atomic E-state index is -0.822. The molecule has 0 aliphatic heterocycles. The summed E-state index contributed by atoms with van der Waals surface area (Å²) in [6.45, 7) is 3.95. The van der Waals surface area contributed by atoms with Crippen molar-refractivity contribution in [3.63, 3.8) is 0 Å². The van der Waals surface area contributed by atoms with Gasteiger partial charge in [-0.15, -0.1) is 6.58 Å². The highest BCUT2D eigenvalue weighted by Gasteiger charge is 2.11. The SMILES string of the molecule is C=CCc1ccccc1OC[C@@H](O)Cn1cnc2ccccc2c1=O. The minimum absolute atomic E-state index is 0.0907. The van der Waals surface area contributed by atoms with Crippen LogP contribution in [0.15, 0.2) is 72.3 Å². The molecule has 0 aliphatic rings. The van der Waals surface area contributed by atoms with Gasteiger partial charge in [-0.2, -0.15) is 0 Å². The van der Waals surface area contributed by atoms with E-state index in [0.29, 0.717) is 23.1 Å². The molecule has 5 nitrogen and oxygen atoms in total. The molecule has 5 heteroatoms. The highest BCUT2D eigenvalue weighted by Crippen LogP contribution is 2.19. The fourth-order valence-corrected chi connectivity index (χ4v) is 2.67. The lowest BCUT2D eigenvalue weighted by molar-refractivity contribution is 0.0911. The molecule has 3 rings (SSSR count). The second-order valence-corrected chi connectivity index (χ2v) is 5.78. The van der Waals surface area contributed by atoms with Crippen molar-refractivity contribution >= 4 is 10.9 Å². The number of rotatable bonds is 7. The predicted octanol–water partition coefficient (Wildman–Crippen LogP) is 2.56. The van der Waals surface area contributed by atoms with Gasteiger partial charge in [-0.25, -0.2) is 4.98 Å². The summed E-state index contributed by atoms with van der Waals surface area (Å²) in [5.74, 6) is 0.713. The van der Waals surface area contributed by atoms with Crippen molar-refractivity contribution in [2.24, 2.45) is 0 Å². The molecular formula is C20H20N2O3. The average molecular weight is 336 g/mol. The summed E-state index contributed by atoms with van der Waals surface area (Å²) in [6, 6.07) is 14.8. The Morgan fingerprint density at radius 3 is 2.80 bits per heavy atom. The van der Waals surface area contributed by atoms with Gasteiger partial charge in [0.25, 0.3) is 5.56 Å². The Morgan fingerprint density at radius 1 is 1.20 bits per heavy atom. The second-order valence-electron chi connectivity index (χ2n) is 5.78. The van der Waals surface area contributed by atoms with E-state index in [9.17, 15) is 9.90 Å². The number of fused-ring (bicyclic) bond motifs is 1. The van der Waals surface area contributed by atoms with Crippen LogP contribution in [0.2, 0.25) is 0 Å². The van der Waals surface area contributed by atoms with Crippen molar-refractivity contribution in [2.45, 2.75) is 19.1 Å². The maximum atomic E-state index is 12.4. The van der Waals surface area contributed by atoms with Gasteiger partial charge in [0.2, 0.25) is 0 Å². The van der Waals surface area contributed by atoms with Crippen LogP contribution in [0.3, 0.4) is 0 Å². The molecule has 2 aromatic carbocycles. The molecule has 1 aromatic heterocycles. The number of aliphatic hydroxyl groups excluding tert-OH is 1. The maximum Gasteiger partial charge on any atom is 0.261 e. The first kappa shape index (κ1) is 16.9. The first-order chi connectivity index (χ1) is 12.2. The molecule has 0 radical (unpaired) electrons. The van der Waals surface area contributed by atoms with E-state index in [4.69, 9.17) is 4.74 Å². The lowest BCUT2D eigenvalue weighted by Gasteiger charge is -2.15. The van der Waals surface area contributed by atoms with Gasteiger partial charge in [-0.3, -0.25) is 9.36 Å². The van der Waals surface area contributed by atoms with E-state index in [2.05, 4.69) is 11.6 Å². The zero-order valence-electron chi connectivity index (χ0n) is 13.8. The molecule has 3 aromatic rings. The lowest BCUT2D eigenvalue weighted by Crippen LogP contribution is -2.30. The van der Waals surface area contributed by atoms with Crippen molar-refractivity contribution in [3.8, 4) is 5.75 Å². The molecule has 1 N–H and O–H groups in total. The summed E-state index contributed by atoms with van der Waals surface area (Å²) in [5.41, 5.74) is 1.48. The molecule has 25 heavy (non-hydrogen) atoms. The third-order valence-corrected chi connectivity index (χ3v) is 3.91.